The summed E-state index contributed by atoms with van der Waals surface area (Å²) in [5.41, 5.74) is 3.92. The van der Waals surface area contributed by atoms with Gasteiger partial charge in [0.1, 0.15) is 11.6 Å². The molecular formula is C21H18N8S. The van der Waals surface area contributed by atoms with Crippen LogP contribution in [-0.4, -0.2) is 34.6 Å². The molecule has 5 heterocycles. The second kappa shape index (κ2) is 7.03. The molecule has 0 spiro atoms. The minimum absolute atomic E-state index is 0.720. The van der Waals surface area contributed by atoms with Crippen molar-refractivity contribution in [1.82, 2.24) is 34.6 Å². The molecule has 0 fully saturated rings. The van der Waals surface area contributed by atoms with E-state index in [9.17, 15) is 0 Å². The molecule has 0 amide bonds. The van der Waals surface area contributed by atoms with Gasteiger partial charge in [0.15, 0.2) is 17.3 Å². The molecule has 30 heavy (non-hydrogen) atoms. The third-order valence-electron chi connectivity index (χ3n) is 5.32. The summed E-state index contributed by atoms with van der Waals surface area (Å²) in [6.07, 6.45) is 2.99. The zero-order valence-electron chi connectivity index (χ0n) is 16.1. The molecule has 1 aromatic carbocycles. The number of hydrogen-bond acceptors (Lipinski definition) is 7. The van der Waals surface area contributed by atoms with Gasteiger partial charge in [-0.25, -0.2) is 0 Å². The Hall–Kier alpha value is -3.59. The van der Waals surface area contributed by atoms with E-state index in [1.54, 1.807) is 15.9 Å². The van der Waals surface area contributed by atoms with E-state index in [-0.39, 0.29) is 0 Å². The normalized spacial score (nSPS) is 13.1. The highest BCUT2D eigenvalue weighted by molar-refractivity contribution is 7.08. The molecule has 1 N–H and O–H groups in total. The van der Waals surface area contributed by atoms with Crippen molar-refractivity contribution in [1.29, 1.82) is 0 Å². The van der Waals surface area contributed by atoms with E-state index in [1.165, 1.54) is 12.0 Å². The number of aromatic nitrogens is 7. The lowest BCUT2D eigenvalue weighted by atomic mass is 10.1. The predicted octanol–water partition coefficient (Wildman–Crippen LogP) is 3.72. The van der Waals surface area contributed by atoms with Gasteiger partial charge in [-0.1, -0.05) is 12.1 Å². The van der Waals surface area contributed by atoms with E-state index >= 15 is 0 Å². The van der Waals surface area contributed by atoms with E-state index in [0.717, 1.165) is 59.6 Å². The molecule has 9 heteroatoms. The molecule has 8 nitrogen and oxygen atoms in total. The van der Waals surface area contributed by atoms with Crippen molar-refractivity contribution < 1.29 is 0 Å². The molecule has 0 saturated carbocycles. The number of benzene rings is 1. The van der Waals surface area contributed by atoms with Crippen molar-refractivity contribution in [3.63, 3.8) is 0 Å². The molecule has 0 saturated heterocycles. The van der Waals surface area contributed by atoms with Gasteiger partial charge < -0.3 is 9.88 Å². The molecule has 6 rings (SSSR count). The smallest absolute Gasteiger partial charge is 0.186 e. The number of hydrogen-bond donors (Lipinski definition) is 1. The summed E-state index contributed by atoms with van der Waals surface area (Å²) in [7, 11) is 0. The van der Waals surface area contributed by atoms with E-state index < -0.39 is 0 Å². The van der Waals surface area contributed by atoms with Gasteiger partial charge in [0, 0.05) is 36.0 Å². The maximum Gasteiger partial charge on any atom is 0.186 e. The number of thiophene rings is 1. The van der Waals surface area contributed by atoms with Crippen LogP contribution in [-0.2, 0) is 19.4 Å². The molecule has 4 aromatic heterocycles. The average Bonchev–Trinajstić information content (AvgIpc) is 3.55. The maximum absolute atomic E-state index is 4.67. The molecule has 1 aliphatic rings. The van der Waals surface area contributed by atoms with Crippen LogP contribution in [0.15, 0.2) is 53.2 Å². The summed E-state index contributed by atoms with van der Waals surface area (Å²) in [5.74, 6) is 3.64. The number of aryl methyl sites for hydroxylation is 1. The standard InChI is InChI=1S/C21H18N8S/c1-2-18-23-25-20(28(18)10-1)12-14-3-5-16(6-4-14)22-17-7-8-19-24-26-21(29(19)27-17)15-9-11-30-13-15/h3-9,11,13H,1-2,10,12H2,(H,22,27). The van der Waals surface area contributed by atoms with Gasteiger partial charge in [-0.15, -0.1) is 25.5 Å². The van der Waals surface area contributed by atoms with Gasteiger partial charge in [0.2, 0.25) is 0 Å². The Morgan fingerprint density at radius 2 is 1.90 bits per heavy atom. The first-order chi connectivity index (χ1) is 14.8. The van der Waals surface area contributed by atoms with Gasteiger partial charge >= 0.3 is 0 Å². The molecule has 148 valence electrons. The van der Waals surface area contributed by atoms with Crippen molar-refractivity contribution in [2.24, 2.45) is 0 Å². The van der Waals surface area contributed by atoms with Crippen molar-refractivity contribution in [2.45, 2.75) is 25.8 Å². The van der Waals surface area contributed by atoms with Gasteiger partial charge in [-0.3, -0.25) is 0 Å². The van der Waals surface area contributed by atoms with Crippen LogP contribution in [0.2, 0.25) is 0 Å². The van der Waals surface area contributed by atoms with Crippen LogP contribution in [0, 0.1) is 0 Å². The first-order valence-electron chi connectivity index (χ1n) is 9.85. The maximum atomic E-state index is 4.67. The molecule has 1 aliphatic heterocycles. The molecule has 0 radical (unpaired) electrons. The molecule has 0 aliphatic carbocycles. The average molecular weight is 414 g/mol. The Morgan fingerprint density at radius 3 is 2.77 bits per heavy atom. The number of fused-ring (bicyclic) bond motifs is 2. The van der Waals surface area contributed by atoms with Gasteiger partial charge in [-0.2, -0.15) is 15.9 Å². The Bertz CT molecular complexity index is 1320. The minimum atomic E-state index is 0.720. The summed E-state index contributed by atoms with van der Waals surface area (Å²) in [5, 5.41) is 29.2. The van der Waals surface area contributed by atoms with E-state index in [0.29, 0.717) is 0 Å². The van der Waals surface area contributed by atoms with Crippen molar-refractivity contribution in [3.05, 3.63) is 70.4 Å². The SMILES string of the molecule is c1cc(-c2nnc3ccc(Nc4ccc(Cc5nnc6n5CCC6)cc4)nn23)cs1. The van der Waals surface area contributed by atoms with E-state index in [4.69, 9.17) is 0 Å². The second-order valence-electron chi connectivity index (χ2n) is 7.31. The van der Waals surface area contributed by atoms with Crippen LogP contribution in [0.3, 0.4) is 0 Å². The Balaban J connectivity index is 1.22. The number of nitrogens with one attached hydrogen (secondary N) is 1. The predicted molar refractivity (Wildman–Crippen MR) is 115 cm³/mol. The minimum Gasteiger partial charge on any atom is -0.339 e. The Labute approximate surface area is 176 Å². The fourth-order valence-corrected chi connectivity index (χ4v) is 4.44. The monoisotopic (exact) mass is 414 g/mol. The quantitative estimate of drug-likeness (QED) is 0.472. The summed E-state index contributed by atoms with van der Waals surface area (Å²) in [6, 6.07) is 14.2. The highest BCUT2D eigenvalue weighted by Gasteiger charge is 2.17. The van der Waals surface area contributed by atoms with E-state index in [2.05, 4.69) is 59.6 Å². The zero-order valence-corrected chi connectivity index (χ0v) is 16.9. The molecule has 5 aromatic rings. The number of rotatable bonds is 5. The van der Waals surface area contributed by atoms with Crippen LogP contribution in [0.5, 0.6) is 0 Å². The third kappa shape index (κ3) is 3.03. The van der Waals surface area contributed by atoms with Crippen LogP contribution < -0.4 is 5.32 Å². The molecular weight excluding hydrogens is 396 g/mol. The van der Waals surface area contributed by atoms with E-state index in [1.807, 2.05) is 29.0 Å². The van der Waals surface area contributed by atoms with Crippen molar-refractivity contribution in [3.8, 4) is 11.4 Å². The fraction of sp³-hybridized carbons (Fsp3) is 0.190. The van der Waals surface area contributed by atoms with Gasteiger partial charge in [-0.05, 0) is 47.7 Å². The first kappa shape index (κ1) is 17.3. The zero-order chi connectivity index (χ0) is 19.9. The van der Waals surface area contributed by atoms with Crippen LogP contribution in [0.25, 0.3) is 17.0 Å². The largest absolute Gasteiger partial charge is 0.339 e. The highest BCUT2D eigenvalue weighted by atomic mass is 32.1. The van der Waals surface area contributed by atoms with Crippen LogP contribution >= 0.6 is 11.3 Å². The molecule has 0 atom stereocenters. The summed E-state index contributed by atoms with van der Waals surface area (Å²) in [6.45, 7) is 1.03. The topological polar surface area (TPSA) is 85.8 Å². The number of nitrogens with zero attached hydrogens (tertiary/aromatic N) is 7. The Morgan fingerprint density at radius 1 is 0.967 bits per heavy atom. The summed E-state index contributed by atoms with van der Waals surface area (Å²) >= 11 is 1.63. The van der Waals surface area contributed by atoms with Crippen LogP contribution in [0.1, 0.15) is 23.6 Å². The summed E-state index contributed by atoms with van der Waals surface area (Å²) in [4.78, 5) is 0. The third-order valence-corrected chi connectivity index (χ3v) is 6.00. The van der Waals surface area contributed by atoms with Crippen molar-refractivity contribution in [2.75, 3.05) is 5.32 Å². The first-order valence-corrected chi connectivity index (χ1v) is 10.8. The number of anilines is 2. The fourth-order valence-electron chi connectivity index (χ4n) is 3.81. The molecule has 0 unspecified atom stereocenters. The van der Waals surface area contributed by atoms with Gasteiger partial charge in [0.05, 0.1) is 0 Å². The lowest BCUT2D eigenvalue weighted by Crippen LogP contribution is -2.02. The molecule has 0 bridgehead atoms. The summed E-state index contributed by atoms with van der Waals surface area (Å²) < 4.78 is 4.01. The highest BCUT2D eigenvalue weighted by Crippen LogP contribution is 2.23. The Kier molecular flexibility index (Phi) is 4.05. The lowest BCUT2D eigenvalue weighted by Gasteiger charge is -2.08. The van der Waals surface area contributed by atoms with Crippen LogP contribution in [0.4, 0.5) is 11.5 Å². The second-order valence-corrected chi connectivity index (χ2v) is 8.09. The lowest BCUT2D eigenvalue weighted by molar-refractivity contribution is 0.700. The van der Waals surface area contributed by atoms with Gasteiger partial charge in [0.25, 0.3) is 0 Å². The van der Waals surface area contributed by atoms with Crippen molar-refractivity contribution >= 4 is 28.5 Å².